The molecular weight excluding hydrogens is 1070 g/mol. The Morgan fingerprint density at radius 1 is 0.500 bits per heavy atom. The first kappa shape index (κ1) is 63.5. The van der Waals surface area contributed by atoms with Crippen LogP contribution in [0.4, 0.5) is 0 Å². The third-order valence-corrected chi connectivity index (χ3v) is 12.7. The summed E-state index contributed by atoms with van der Waals surface area (Å²) in [4.78, 5) is 152. The van der Waals surface area contributed by atoms with E-state index >= 15 is 0 Å². The van der Waals surface area contributed by atoms with Crippen LogP contribution >= 0.6 is 11.8 Å². The number of aromatic amines is 1. The number of carbonyl (C=O) groups is 11. The van der Waals surface area contributed by atoms with Gasteiger partial charge in [-0.15, -0.1) is 0 Å². The molecule has 4 rings (SSSR count). The maximum absolute atomic E-state index is 14.0. The summed E-state index contributed by atoms with van der Waals surface area (Å²) in [5, 5.41) is 67.8. The topological polar surface area (TPSA) is 440 Å². The van der Waals surface area contributed by atoms with Crippen molar-refractivity contribution < 1.29 is 78.3 Å². The van der Waals surface area contributed by atoms with Gasteiger partial charge in [-0.1, -0.05) is 54.6 Å². The molecular formula is C52H65N11O16S. The number of nitrogens with two attached hydrogens (primary N) is 1. The summed E-state index contributed by atoms with van der Waals surface area (Å²) in [6.07, 6.45) is 1.65. The number of aliphatic carboxylic acids is 3. The van der Waals surface area contributed by atoms with Gasteiger partial charge in [0.15, 0.2) is 0 Å². The van der Waals surface area contributed by atoms with Crippen molar-refractivity contribution >= 4 is 76.9 Å². The van der Waals surface area contributed by atoms with Gasteiger partial charge in [-0.25, -0.2) is 9.78 Å². The molecule has 1 heterocycles. The minimum atomic E-state index is -1.82. The summed E-state index contributed by atoms with van der Waals surface area (Å²) in [6.45, 7) is 2.51. The SMILES string of the molecule is CSCC[C@H](NC(=O)[C@H](C)NC(=O)[C@H](Cc1cnc[nH]1)NC(=O)[C@H](C)NC(=O)[C@H](Cc1ccc(O)cc1)NC(=O)[C@H](CC(=O)O)NC(=O)[C@@H](N)Cc1ccccc1)C(=O)N[C@@H](CC(=O)O)C(=O)N[C@@H](Cc1ccc(O)cc1)C(=O)O. The fraction of sp³-hybridized carbons (Fsp3) is 0.385. The van der Waals surface area contributed by atoms with Gasteiger partial charge >= 0.3 is 17.9 Å². The molecule has 16 N–H and O–H groups in total. The van der Waals surface area contributed by atoms with Gasteiger partial charge in [-0.05, 0) is 79.7 Å². The molecule has 4 aromatic rings. The molecule has 0 spiro atoms. The third-order valence-electron chi connectivity index (χ3n) is 12.0. The van der Waals surface area contributed by atoms with Gasteiger partial charge in [-0.3, -0.25) is 47.9 Å². The zero-order valence-electron chi connectivity index (χ0n) is 43.7. The number of benzene rings is 3. The van der Waals surface area contributed by atoms with E-state index in [1.807, 2.05) is 0 Å². The number of amides is 8. The molecule has 8 amide bonds. The molecule has 0 fully saturated rings. The number of H-pyrrole nitrogens is 1. The molecule has 430 valence electrons. The number of aromatic nitrogens is 2. The van der Waals surface area contributed by atoms with E-state index in [9.17, 15) is 78.3 Å². The number of nitrogens with zero attached hydrogens (tertiary/aromatic N) is 1. The first-order chi connectivity index (χ1) is 37.9. The Balaban J connectivity index is 1.46. The predicted octanol–water partition coefficient (Wildman–Crippen LogP) is -1.88. The zero-order valence-corrected chi connectivity index (χ0v) is 44.5. The molecule has 80 heavy (non-hydrogen) atoms. The number of carboxylic acids is 3. The first-order valence-electron chi connectivity index (χ1n) is 24.8. The van der Waals surface area contributed by atoms with E-state index in [2.05, 4.69) is 52.5 Å². The Morgan fingerprint density at radius 3 is 1.36 bits per heavy atom. The van der Waals surface area contributed by atoms with E-state index < -0.39 is 132 Å². The van der Waals surface area contributed by atoms with Crippen LogP contribution in [-0.2, 0) is 78.4 Å². The van der Waals surface area contributed by atoms with Gasteiger partial charge in [0.2, 0.25) is 47.3 Å². The second kappa shape index (κ2) is 31.4. The molecule has 1 aromatic heterocycles. The Labute approximate surface area is 462 Å². The van der Waals surface area contributed by atoms with E-state index in [1.54, 1.807) is 36.6 Å². The minimum Gasteiger partial charge on any atom is -0.508 e. The summed E-state index contributed by atoms with van der Waals surface area (Å²) >= 11 is 1.28. The number of aromatic hydroxyl groups is 2. The van der Waals surface area contributed by atoms with Crippen molar-refractivity contribution in [1.82, 2.24) is 52.5 Å². The molecule has 0 radical (unpaired) electrons. The standard InChI is InChI=1S/C52H65N11O16S/c1-27(44(70)58-36(17-18-80-3)47(73)62-40(24-43(68)69)51(77)63-41(52(78)79)21-31-11-15-34(65)16-12-31)57-49(75)38(22-32-25-54-26-55-32)59-45(71)28(2)56-48(74)37(20-30-9-13-33(64)14-10-30)61-50(76)39(23-42(66)67)60-46(72)35(53)19-29-7-5-4-6-8-29/h4-16,25-28,35-41,64-65H,17-24,53H2,1-3H3,(H,54,55)(H,56,74)(H,57,75)(H,58,70)(H,59,71)(H,60,72)(H,61,76)(H,62,73)(H,63,77)(H,66,67)(H,68,69)(H,78,79)/t27-,28-,35-,36-,37-,38-,39-,40-,41-/m0/s1. The third kappa shape index (κ3) is 21.4. The van der Waals surface area contributed by atoms with E-state index in [-0.39, 0.29) is 49.4 Å². The molecule has 0 bridgehead atoms. The van der Waals surface area contributed by atoms with E-state index in [4.69, 9.17) is 5.73 Å². The average molecular weight is 1130 g/mol. The lowest BCUT2D eigenvalue weighted by Crippen LogP contribution is -2.60. The molecule has 0 unspecified atom stereocenters. The number of phenolic OH excluding ortho intramolecular Hbond substituents is 2. The van der Waals surface area contributed by atoms with Gasteiger partial charge in [0, 0.05) is 31.2 Å². The number of imidazole rings is 1. The maximum atomic E-state index is 14.0. The highest BCUT2D eigenvalue weighted by atomic mass is 32.2. The summed E-state index contributed by atoms with van der Waals surface area (Å²) < 4.78 is 0. The Bertz CT molecular complexity index is 2790. The zero-order chi connectivity index (χ0) is 59.1. The maximum Gasteiger partial charge on any atom is 0.326 e. The average Bonchev–Trinajstić information content (AvgIpc) is 3.94. The number of thioether (sulfide) groups is 1. The Hall–Kier alpha value is -9.05. The van der Waals surface area contributed by atoms with Crippen LogP contribution in [0.15, 0.2) is 91.4 Å². The highest BCUT2D eigenvalue weighted by molar-refractivity contribution is 7.98. The van der Waals surface area contributed by atoms with Crippen molar-refractivity contribution in [3.8, 4) is 11.5 Å². The highest BCUT2D eigenvalue weighted by Crippen LogP contribution is 2.15. The van der Waals surface area contributed by atoms with Crippen LogP contribution in [0.5, 0.6) is 11.5 Å². The smallest absolute Gasteiger partial charge is 0.326 e. The molecule has 27 nitrogen and oxygen atoms in total. The van der Waals surface area contributed by atoms with Gasteiger partial charge in [-0.2, -0.15) is 11.8 Å². The monoisotopic (exact) mass is 1130 g/mol. The number of carbonyl (C=O) groups excluding carboxylic acids is 8. The number of nitrogens with one attached hydrogen (secondary N) is 9. The Morgan fingerprint density at radius 2 is 0.900 bits per heavy atom. The second-order valence-electron chi connectivity index (χ2n) is 18.5. The Kier molecular flexibility index (Phi) is 24.9. The lowest BCUT2D eigenvalue weighted by molar-refractivity contribution is -0.144. The van der Waals surface area contributed by atoms with Gasteiger partial charge in [0.25, 0.3) is 0 Å². The summed E-state index contributed by atoms with van der Waals surface area (Å²) in [6, 6.07) is 5.97. The van der Waals surface area contributed by atoms with Crippen molar-refractivity contribution in [2.24, 2.45) is 5.73 Å². The lowest BCUT2D eigenvalue weighted by Gasteiger charge is -2.26. The van der Waals surface area contributed by atoms with Crippen LogP contribution in [0, 0.1) is 0 Å². The molecule has 9 atom stereocenters. The van der Waals surface area contributed by atoms with Gasteiger partial charge in [0.05, 0.1) is 25.2 Å². The molecule has 0 aliphatic rings. The summed E-state index contributed by atoms with van der Waals surface area (Å²) in [7, 11) is 0. The van der Waals surface area contributed by atoms with Crippen LogP contribution in [0.3, 0.4) is 0 Å². The van der Waals surface area contributed by atoms with Crippen molar-refractivity contribution in [3.63, 3.8) is 0 Å². The van der Waals surface area contributed by atoms with Gasteiger partial charge < -0.3 is 78.8 Å². The molecule has 0 saturated heterocycles. The molecule has 3 aromatic carbocycles. The van der Waals surface area contributed by atoms with Crippen LogP contribution in [0.2, 0.25) is 0 Å². The normalized spacial score (nSPS) is 14.3. The number of hydrogen-bond acceptors (Lipinski definition) is 16. The molecule has 28 heteroatoms. The minimum absolute atomic E-state index is 0.0497. The largest absolute Gasteiger partial charge is 0.508 e. The fourth-order valence-electron chi connectivity index (χ4n) is 7.65. The van der Waals surface area contributed by atoms with Crippen molar-refractivity contribution in [3.05, 3.63) is 114 Å². The highest BCUT2D eigenvalue weighted by Gasteiger charge is 2.35. The number of rotatable bonds is 32. The van der Waals surface area contributed by atoms with Crippen molar-refractivity contribution in [2.75, 3.05) is 12.0 Å². The van der Waals surface area contributed by atoms with E-state index in [0.717, 1.165) is 0 Å². The van der Waals surface area contributed by atoms with Crippen LogP contribution in [0.1, 0.15) is 55.5 Å². The molecule has 0 aliphatic carbocycles. The van der Waals surface area contributed by atoms with Crippen molar-refractivity contribution in [2.45, 2.75) is 113 Å². The molecule has 0 aliphatic heterocycles. The first-order valence-corrected chi connectivity index (χ1v) is 26.2. The summed E-state index contributed by atoms with van der Waals surface area (Å²) in [5.41, 5.74) is 7.92. The number of phenols is 2. The predicted molar refractivity (Wildman–Crippen MR) is 286 cm³/mol. The van der Waals surface area contributed by atoms with Gasteiger partial charge in [0.1, 0.15) is 59.8 Å². The second-order valence-corrected chi connectivity index (χ2v) is 19.4. The number of carboxylic acid groups (broad SMARTS) is 3. The fourth-order valence-corrected chi connectivity index (χ4v) is 8.12. The van der Waals surface area contributed by atoms with E-state index in [1.165, 1.54) is 86.7 Å². The van der Waals surface area contributed by atoms with Crippen LogP contribution < -0.4 is 48.3 Å². The quantitative estimate of drug-likeness (QED) is 0.0255. The lowest BCUT2D eigenvalue weighted by atomic mass is 10.0. The molecule has 0 saturated carbocycles. The number of hydrogen-bond donors (Lipinski definition) is 15. The van der Waals surface area contributed by atoms with E-state index in [0.29, 0.717) is 22.4 Å². The van der Waals surface area contributed by atoms with Crippen LogP contribution in [0.25, 0.3) is 0 Å². The van der Waals surface area contributed by atoms with Crippen molar-refractivity contribution in [1.29, 1.82) is 0 Å². The van der Waals surface area contributed by atoms with Crippen LogP contribution in [-0.4, -0.2) is 167 Å². The summed E-state index contributed by atoms with van der Waals surface area (Å²) in [5.74, 6) is -12.4.